The minimum atomic E-state index is -3.89. The van der Waals surface area contributed by atoms with Crippen LogP contribution in [0.5, 0.6) is 23.0 Å². The van der Waals surface area contributed by atoms with E-state index in [1.165, 1.54) is 71.9 Å². The monoisotopic (exact) mass is 474 g/mol. The Balaban J connectivity index is 2.10. The van der Waals surface area contributed by atoms with Crippen LogP contribution in [0.15, 0.2) is 46.2 Å². The Morgan fingerprint density at radius 2 is 1.19 bits per heavy atom. The lowest BCUT2D eigenvalue weighted by Gasteiger charge is -2.18. The van der Waals surface area contributed by atoms with E-state index in [1.807, 2.05) is 0 Å². The lowest BCUT2D eigenvalue weighted by atomic mass is 10.3. The third-order valence-electron chi connectivity index (χ3n) is 4.45. The molecule has 2 aromatic rings. The zero-order valence-electron chi connectivity index (χ0n) is 17.9. The molecule has 2 aromatic carbocycles. The van der Waals surface area contributed by atoms with Crippen LogP contribution in [-0.2, 0) is 20.0 Å². The van der Waals surface area contributed by atoms with Gasteiger partial charge in [-0.1, -0.05) is 0 Å². The zero-order valence-corrected chi connectivity index (χ0v) is 19.5. The van der Waals surface area contributed by atoms with Gasteiger partial charge in [-0.15, -0.1) is 0 Å². The molecule has 0 aliphatic carbocycles. The van der Waals surface area contributed by atoms with Gasteiger partial charge in [0.05, 0.1) is 38.2 Å². The van der Waals surface area contributed by atoms with Crippen molar-refractivity contribution in [3.05, 3.63) is 36.4 Å². The van der Waals surface area contributed by atoms with Crippen LogP contribution in [-0.4, -0.2) is 69.7 Å². The standard InChI is InChI=1S/C19H26N2O8S2/c1-21(31(24,25)15-7-9-17(27-3)19(13-15)29-5)11-10-20-30(22,23)14-6-8-16(26-2)18(12-14)28-4/h6-9,12-13,20H,10-11H2,1-5H3. The molecule has 0 fully saturated rings. The summed E-state index contributed by atoms with van der Waals surface area (Å²) in [5, 5.41) is 0. The SMILES string of the molecule is COc1ccc(S(=O)(=O)NCCN(C)S(=O)(=O)c2ccc(OC)c(OC)c2)cc1OC. The van der Waals surface area contributed by atoms with Gasteiger partial charge in [0.15, 0.2) is 23.0 Å². The Morgan fingerprint density at radius 3 is 1.68 bits per heavy atom. The van der Waals surface area contributed by atoms with E-state index in [2.05, 4.69) is 4.72 Å². The minimum absolute atomic E-state index is 0.00426. The molecular weight excluding hydrogens is 448 g/mol. The van der Waals surface area contributed by atoms with E-state index < -0.39 is 20.0 Å². The second kappa shape index (κ2) is 10.2. The molecule has 0 aliphatic heterocycles. The number of hydrogen-bond donors (Lipinski definition) is 1. The predicted octanol–water partition coefficient (Wildman–Crippen LogP) is 1.32. The molecule has 0 radical (unpaired) electrons. The van der Waals surface area contributed by atoms with Gasteiger partial charge >= 0.3 is 0 Å². The topological polar surface area (TPSA) is 120 Å². The number of benzene rings is 2. The van der Waals surface area contributed by atoms with Crippen molar-refractivity contribution in [2.24, 2.45) is 0 Å². The summed E-state index contributed by atoms with van der Waals surface area (Å²) in [6.07, 6.45) is 0. The molecule has 1 N–H and O–H groups in total. The first-order valence-electron chi connectivity index (χ1n) is 9.00. The van der Waals surface area contributed by atoms with Crippen LogP contribution in [0.4, 0.5) is 0 Å². The molecule has 31 heavy (non-hydrogen) atoms. The molecule has 0 amide bonds. The maximum atomic E-state index is 12.8. The van der Waals surface area contributed by atoms with Crippen molar-refractivity contribution in [3.8, 4) is 23.0 Å². The fourth-order valence-corrected chi connectivity index (χ4v) is 4.91. The Hall–Kier alpha value is -2.54. The van der Waals surface area contributed by atoms with Gasteiger partial charge in [-0.05, 0) is 24.3 Å². The Labute approximate surface area is 182 Å². The van der Waals surface area contributed by atoms with Gasteiger partial charge in [0.25, 0.3) is 0 Å². The number of sulfonamides is 2. The number of rotatable bonds is 11. The molecule has 0 bridgehead atoms. The highest BCUT2D eigenvalue weighted by Crippen LogP contribution is 2.31. The van der Waals surface area contributed by atoms with Crippen molar-refractivity contribution in [1.29, 1.82) is 0 Å². The number of nitrogens with zero attached hydrogens (tertiary/aromatic N) is 1. The summed E-state index contributed by atoms with van der Waals surface area (Å²) < 4.78 is 74.6. The summed E-state index contributed by atoms with van der Waals surface area (Å²) in [7, 11) is -0.709. The van der Waals surface area contributed by atoms with E-state index >= 15 is 0 Å². The number of methoxy groups -OCH3 is 4. The smallest absolute Gasteiger partial charge is 0.242 e. The van der Waals surface area contributed by atoms with E-state index in [0.717, 1.165) is 4.31 Å². The molecular formula is C19H26N2O8S2. The molecule has 12 heteroatoms. The first kappa shape index (κ1) is 24.7. The van der Waals surface area contributed by atoms with Crippen molar-refractivity contribution in [2.45, 2.75) is 9.79 Å². The van der Waals surface area contributed by atoms with E-state index in [9.17, 15) is 16.8 Å². The summed E-state index contributed by atoms with van der Waals surface area (Å²) in [5.74, 6) is 1.32. The van der Waals surface area contributed by atoms with E-state index in [-0.39, 0.29) is 34.4 Å². The molecule has 0 spiro atoms. The first-order chi connectivity index (χ1) is 14.6. The molecule has 0 aliphatic rings. The molecule has 0 heterocycles. The lowest BCUT2D eigenvalue weighted by molar-refractivity contribution is 0.353. The van der Waals surface area contributed by atoms with Crippen LogP contribution >= 0.6 is 0 Å². The van der Waals surface area contributed by atoms with E-state index in [4.69, 9.17) is 18.9 Å². The second-order valence-corrected chi connectivity index (χ2v) is 10.1. The van der Waals surface area contributed by atoms with Gasteiger partial charge in [0.1, 0.15) is 0 Å². The van der Waals surface area contributed by atoms with Crippen LogP contribution < -0.4 is 23.7 Å². The number of hydrogen-bond acceptors (Lipinski definition) is 8. The van der Waals surface area contributed by atoms with Crippen molar-refractivity contribution in [2.75, 3.05) is 48.6 Å². The number of ether oxygens (including phenoxy) is 4. The average molecular weight is 475 g/mol. The maximum Gasteiger partial charge on any atom is 0.242 e. The minimum Gasteiger partial charge on any atom is -0.493 e. The van der Waals surface area contributed by atoms with Crippen LogP contribution in [0.3, 0.4) is 0 Å². The van der Waals surface area contributed by atoms with Crippen LogP contribution in [0.25, 0.3) is 0 Å². The van der Waals surface area contributed by atoms with Crippen LogP contribution in [0.1, 0.15) is 0 Å². The Morgan fingerprint density at radius 1 is 0.742 bits per heavy atom. The van der Waals surface area contributed by atoms with Gasteiger partial charge < -0.3 is 18.9 Å². The molecule has 172 valence electrons. The first-order valence-corrected chi connectivity index (χ1v) is 11.9. The fraction of sp³-hybridized carbons (Fsp3) is 0.368. The van der Waals surface area contributed by atoms with Crippen molar-refractivity contribution in [1.82, 2.24) is 9.03 Å². The maximum absolute atomic E-state index is 12.8. The summed E-state index contributed by atoms with van der Waals surface area (Å²) in [6, 6.07) is 8.39. The van der Waals surface area contributed by atoms with Gasteiger partial charge in [0, 0.05) is 32.3 Å². The third-order valence-corrected chi connectivity index (χ3v) is 7.76. The highest BCUT2D eigenvalue weighted by molar-refractivity contribution is 7.89. The Bertz CT molecular complexity index is 1120. The van der Waals surface area contributed by atoms with E-state index in [1.54, 1.807) is 0 Å². The molecule has 0 unspecified atom stereocenters. The molecule has 2 rings (SSSR count). The second-order valence-electron chi connectivity index (χ2n) is 6.26. The molecule has 0 atom stereocenters. The predicted molar refractivity (Wildman–Crippen MR) is 114 cm³/mol. The van der Waals surface area contributed by atoms with Crippen molar-refractivity contribution in [3.63, 3.8) is 0 Å². The summed E-state index contributed by atoms with van der Waals surface area (Å²) in [6.45, 7) is -0.233. The average Bonchev–Trinajstić information content (AvgIpc) is 2.77. The van der Waals surface area contributed by atoms with Gasteiger partial charge in [-0.3, -0.25) is 0 Å². The summed E-state index contributed by atoms with van der Waals surface area (Å²) >= 11 is 0. The summed E-state index contributed by atoms with van der Waals surface area (Å²) in [4.78, 5) is -0.0362. The van der Waals surface area contributed by atoms with E-state index in [0.29, 0.717) is 11.5 Å². The summed E-state index contributed by atoms with van der Waals surface area (Å²) in [5.41, 5.74) is 0. The van der Waals surface area contributed by atoms with Gasteiger partial charge in [-0.2, -0.15) is 4.31 Å². The number of likely N-dealkylation sites (N-methyl/N-ethyl adjacent to an activating group) is 1. The molecule has 0 saturated carbocycles. The fourth-order valence-electron chi connectivity index (χ4n) is 2.68. The zero-order chi connectivity index (χ0) is 23.2. The van der Waals surface area contributed by atoms with Gasteiger partial charge in [0.2, 0.25) is 20.0 Å². The highest BCUT2D eigenvalue weighted by Gasteiger charge is 2.23. The molecule has 0 aromatic heterocycles. The van der Waals surface area contributed by atoms with Crippen LogP contribution in [0, 0.1) is 0 Å². The van der Waals surface area contributed by atoms with Gasteiger partial charge in [-0.25, -0.2) is 21.6 Å². The normalized spacial score (nSPS) is 11.9. The molecule has 10 nitrogen and oxygen atoms in total. The third kappa shape index (κ3) is 5.58. The largest absolute Gasteiger partial charge is 0.493 e. The quantitative estimate of drug-likeness (QED) is 0.518. The van der Waals surface area contributed by atoms with Crippen molar-refractivity contribution < 1.29 is 35.8 Å². The van der Waals surface area contributed by atoms with Crippen molar-refractivity contribution >= 4 is 20.0 Å². The Kier molecular flexibility index (Phi) is 8.12. The highest BCUT2D eigenvalue weighted by atomic mass is 32.2. The number of nitrogens with one attached hydrogen (secondary N) is 1. The lowest BCUT2D eigenvalue weighted by Crippen LogP contribution is -2.36. The van der Waals surface area contributed by atoms with Crippen LogP contribution in [0.2, 0.25) is 0 Å². The molecule has 0 saturated heterocycles.